The molecule has 2 aromatic rings. The van der Waals surface area contributed by atoms with E-state index in [-0.39, 0.29) is 30.2 Å². The lowest BCUT2D eigenvalue weighted by molar-refractivity contribution is -0.135. The highest BCUT2D eigenvalue weighted by molar-refractivity contribution is 5.76. The fourth-order valence-electron chi connectivity index (χ4n) is 5.78. The van der Waals surface area contributed by atoms with Gasteiger partial charge in [-0.2, -0.15) is 17.6 Å². The van der Waals surface area contributed by atoms with Crippen molar-refractivity contribution in [3.05, 3.63) is 58.7 Å². The Balaban J connectivity index is 1.70. The molecule has 0 aromatic heterocycles. The van der Waals surface area contributed by atoms with Gasteiger partial charge in [0.2, 0.25) is 5.72 Å². The van der Waals surface area contributed by atoms with Crippen molar-refractivity contribution in [2.75, 3.05) is 38.1 Å². The zero-order valence-electron chi connectivity index (χ0n) is 23.1. The molecule has 2 heterocycles. The standard InChI is InChI=1S/C29H29F4N3O6/c1-28(2)21-5-4-17(11-35(13-23(30)38)14-24(31)39)8-22(21)34(3)29(28)7-6-18-9-20(37)10-19(27(18)42-29)12-36(15-25(32)40)16-26(33)41/h4-10,37H,11-16H2,1-3H3. The number of halogens is 4. The third-order valence-corrected chi connectivity index (χ3v) is 7.61. The Morgan fingerprint density at radius 2 is 1.40 bits per heavy atom. The maximum Gasteiger partial charge on any atom is 0.315 e. The predicted octanol–water partition coefficient (Wildman–Crippen LogP) is 3.51. The summed E-state index contributed by atoms with van der Waals surface area (Å²) in [5.74, 6) is 0.0982. The van der Waals surface area contributed by atoms with Crippen molar-refractivity contribution < 1.29 is 46.6 Å². The predicted molar refractivity (Wildman–Crippen MR) is 143 cm³/mol. The number of hydrogen-bond donors (Lipinski definition) is 1. The second-order valence-corrected chi connectivity index (χ2v) is 10.9. The molecule has 0 radical (unpaired) electrons. The average Bonchev–Trinajstić information content (AvgIpc) is 3.00. The topological polar surface area (TPSA) is 107 Å². The van der Waals surface area contributed by atoms with E-state index >= 15 is 0 Å². The molecule has 224 valence electrons. The number of hydrogen-bond acceptors (Lipinski definition) is 9. The summed E-state index contributed by atoms with van der Waals surface area (Å²) < 4.78 is 59.2. The number of anilines is 1. The van der Waals surface area contributed by atoms with Gasteiger partial charge in [-0.05, 0) is 55.3 Å². The lowest BCUT2D eigenvalue weighted by atomic mass is 9.76. The molecule has 1 N–H and O–H groups in total. The van der Waals surface area contributed by atoms with Gasteiger partial charge in [-0.1, -0.05) is 12.1 Å². The van der Waals surface area contributed by atoms with Gasteiger partial charge in [0.1, 0.15) is 11.5 Å². The minimum atomic E-state index is -1.77. The minimum Gasteiger partial charge on any atom is -0.508 e. The Bertz CT molecular complexity index is 1450. The van der Waals surface area contributed by atoms with Gasteiger partial charge >= 0.3 is 24.1 Å². The van der Waals surface area contributed by atoms with Crippen molar-refractivity contribution in [3.63, 3.8) is 0 Å². The number of likely N-dealkylation sites (N-methyl/N-ethyl adjacent to an activating group) is 1. The molecule has 42 heavy (non-hydrogen) atoms. The SMILES string of the molecule is CN1c2cc(CN(CC(=O)F)CC(=O)F)ccc2C(C)(C)C12C=Cc1cc(O)cc(CN(CC(=O)F)CC(=O)F)c1O2. The van der Waals surface area contributed by atoms with Crippen molar-refractivity contribution >= 4 is 35.9 Å². The van der Waals surface area contributed by atoms with Crippen molar-refractivity contribution in [3.8, 4) is 11.5 Å². The normalized spacial score (nSPS) is 18.3. The van der Waals surface area contributed by atoms with E-state index in [1.54, 1.807) is 31.3 Å². The summed E-state index contributed by atoms with van der Waals surface area (Å²) in [6.07, 6.45) is 3.52. The van der Waals surface area contributed by atoms with Crippen LogP contribution in [0.5, 0.6) is 11.5 Å². The summed E-state index contributed by atoms with van der Waals surface area (Å²) >= 11 is 0. The molecule has 9 nitrogen and oxygen atoms in total. The van der Waals surface area contributed by atoms with Gasteiger partial charge in [0.05, 0.1) is 31.6 Å². The summed E-state index contributed by atoms with van der Waals surface area (Å²) in [5, 5.41) is 10.3. The number of carbonyl (C=O) groups is 4. The summed E-state index contributed by atoms with van der Waals surface area (Å²) in [7, 11) is 1.76. The van der Waals surface area contributed by atoms with Crippen molar-refractivity contribution in [1.82, 2.24) is 9.80 Å². The smallest absolute Gasteiger partial charge is 0.315 e. The first-order valence-electron chi connectivity index (χ1n) is 12.9. The van der Waals surface area contributed by atoms with Crippen LogP contribution in [0.3, 0.4) is 0 Å². The van der Waals surface area contributed by atoms with Crippen LogP contribution in [-0.4, -0.2) is 78.0 Å². The van der Waals surface area contributed by atoms with Gasteiger partial charge in [-0.25, -0.2) is 0 Å². The molecule has 2 aliphatic rings. The molecule has 0 aliphatic carbocycles. The number of rotatable bonds is 12. The maximum atomic E-state index is 13.2. The molecular formula is C29H29F4N3O6. The molecule has 1 spiro atoms. The minimum absolute atomic E-state index is 0.0841. The average molecular weight is 592 g/mol. The molecule has 0 fully saturated rings. The van der Waals surface area contributed by atoms with Crippen LogP contribution in [0.1, 0.15) is 36.1 Å². The Kier molecular flexibility index (Phi) is 8.55. The van der Waals surface area contributed by atoms with E-state index in [9.17, 15) is 41.8 Å². The van der Waals surface area contributed by atoms with E-state index in [1.165, 1.54) is 12.1 Å². The molecule has 0 bridgehead atoms. The summed E-state index contributed by atoms with van der Waals surface area (Å²) in [6.45, 7) is 0.277. The number of fused-ring (bicyclic) bond motifs is 2. The molecule has 2 aromatic carbocycles. The monoisotopic (exact) mass is 591 g/mol. The van der Waals surface area contributed by atoms with Gasteiger partial charge in [0, 0.05) is 37.0 Å². The first-order chi connectivity index (χ1) is 19.6. The number of nitrogens with zero attached hydrogens (tertiary/aromatic N) is 3. The number of phenolic OH excluding ortho intramolecular Hbond substituents is 1. The second-order valence-electron chi connectivity index (χ2n) is 10.9. The first kappa shape index (κ1) is 30.8. The van der Waals surface area contributed by atoms with Crippen LogP contribution in [0.25, 0.3) is 6.08 Å². The van der Waals surface area contributed by atoms with Crippen LogP contribution < -0.4 is 9.64 Å². The van der Waals surface area contributed by atoms with E-state index in [4.69, 9.17) is 4.74 Å². The quantitative estimate of drug-likeness (QED) is 0.293. The lowest BCUT2D eigenvalue weighted by Crippen LogP contribution is -2.58. The zero-order valence-corrected chi connectivity index (χ0v) is 23.1. The van der Waals surface area contributed by atoms with Crippen LogP contribution >= 0.6 is 0 Å². The summed E-state index contributed by atoms with van der Waals surface area (Å²) in [4.78, 5) is 48.1. The lowest BCUT2D eigenvalue weighted by Gasteiger charge is -2.46. The van der Waals surface area contributed by atoms with Crippen LogP contribution in [0, 0.1) is 0 Å². The Labute approximate surface area is 238 Å². The second kappa shape index (κ2) is 11.6. The molecule has 0 saturated carbocycles. The number of benzene rings is 2. The Morgan fingerprint density at radius 3 is 1.95 bits per heavy atom. The van der Waals surface area contributed by atoms with E-state index < -0.39 is 61.5 Å². The van der Waals surface area contributed by atoms with Crippen LogP contribution in [0.4, 0.5) is 23.2 Å². The number of ether oxygens (including phenoxy) is 1. The van der Waals surface area contributed by atoms with E-state index in [2.05, 4.69) is 0 Å². The fraction of sp³-hybridized carbons (Fsp3) is 0.379. The van der Waals surface area contributed by atoms with Crippen molar-refractivity contribution in [2.24, 2.45) is 0 Å². The number of phenols is 1. The van der Waals surface area contributed by atoms with E-state index in [0.717, 1.165) is 15.4 Å². The highest BCUT2D eigenvalue weighted by Crippen LogP contribution is 2.55. The van der Waals surface area contributed by atoms with E-state index in [0.29, 0.717) is 16.8 Å². The highest BCUT2D eigenvalue weighted by atomic mass is 19.1. The molecule has 1 unspecified atom stereocenters. The molecule has 0 amide bonds. The summed E-state index contributed by atoms with van der Waals surface area (Å²) in [5.41, 5.74) is 0.917. The van der Waals surface area contributed by atoms with Crippen LogP contribution in [0.15, 0.2) is 36.4 Å². The van der Waals surface area contributed by atoms with Gasteiger partial charge in [0.25, 0.3) is 0 Å². The van der Waals surface area contributed by atoms with Gasteiger partial charge < -0.3 is 14.7 Å². The molecule has 1 atom stereocenters. The maximum absolute atomic E-state index is 13.2. The third-order valence-electron chi connectivity index (χ3n) is 7.61. The summed E-state index contributed by atoms with van der Waals surface area (Å²) in [6, 6.07) is 1.10. The van der Waals surface area contributed by atoms with Gasteiger partial charge in [-0.15, -0.1) is 0 Å². The van der Waals surface area contributed by atoms with Gasteiger partial charge in [0.15, 0.2) is 0 Å². The van der Waals surface area contributed by atoms with Crippen LogP contribution in [-0.2, 0) is 37.7 Å². The van der Waals surface area contributed by atoms with Gasteiger partial charge in [-0.3, -0.25) is 29.0 Å². The van der Waals surface area contributed by atoms with Crippen molar-refractivity contribution in [1.29, 1.82) is 0 Å². The fourth-order valence-corrected chi connectivity index (χ4v) is 5.78. The van der Waals surface area contributed by atoms with Crippen molar-refractivity contribution in [2.45, 2.75) is 38.1 Å². The number of aromatic hydroxyl groups is 1. The van der Waals surface area contributed by atoms with E-state index in [1.807, 2.05) is 24.8 Å². The highest BCUT2D eigenvalue weighted by Gasteiger charge is 2.58. The molecular weight excluding hydrogens is 562 g/mol. The van der Waals surface area contributed by atoms with Crippen LogP contribution in [0.2, 0.25) is 0 Å². The Hall–Kier alpha value is -4.10. The molecule has 4 rings (SSSR count). The number of carbonyl (C=O) groups excluding carboxylic acids is 4. The Morgan fingerprint density at radius 1 is 0.857 bits per heavy atom. The third kappa shape index (κ3) is 6.07. The zero-order chi connectivity index (χ0) is 31.0. The molecule has 2 aliphatic heterocycles. The first-order valence-corrected chi connectivity index (χ1v) is 12.9. The largest absolute Gasteiger partial charge is 0.508 e. The molecule has 0 saturated heterocycles. The molecule has 13 heteroatoms.